The average Bonchev–Trinajstić information content (AvgIpc) is 2.77. The largest absolute Gasteiger partial charge is 0.326 e. The second-order valence-electron chi connectivity index (χ2n) is 4.87. The molecule has 2 nitrogen and oxygen atoms in total. The van der Waals surface area contributed by atoms with E-state index < -0.39 is 0 Å². The molecule has 1 saturated heterocycles. The van der Waals surface area contributed by atoms with Gasteiger partial charge in [-0.3, -0.25) is 4.90 Å². The number of nitrogens with zero attached hydrogens (tertiary/aromatic N) is 1. The Morgan fingerprint density at radius 3 is 2.82 bits per heavy atom. The Labute approximate surface area is 113 Å². The molecule has 1 aromatic heterocycles. The number of thiophene rings is 1. The molecule has 2 rings (SSSR count). The molecule has 2 heterocycles. The first kappa shape index (κ1) is 13.4. The summed E-state index contributed by atoms with van der Waals surface area (Å²) in [7, 11) is 0. The molecule has 17 heavy (non-hydrogen) atoms. The summed E-state index contributed by atoms with van der Waals surface area (Å²) in [5.74, 6) is 1.22. The van der Waals surface area contributed by atoms with Crippen molar-refractivity contribution in [2.24, 2.45) is 5.73 Å². The van der Waals surface area contributed by atoms with E-state index in [1.807, 2.05) is 11.3 Å². The minimum atomic E-state index is 0.186. The van der Waals surface area contributed by atoms with Gasteiger partial charge in [0.05, 0.1) is 6.04 Å². The lowest BCUT2D eigenvalue weighted by atomic mass is 10.0. The van der Waals surface area contributed by atoms with Crippen LogP contribution in [0.25, 0.3) is 0 Å². The van der Waals surface area contributed by atoms with Gasteiger partial charge in [0.15, 0.2) is 0 Å². The molecule has 0 spiro atoms. The molecular weight excluding hydrogens is 248 g/mol. The maximum Gasteiger partial charge on any atom is 0.0593 e. The Hall–Kier alpha value is -0.0300. The van der Waals surface area contributed by atoms with E-state index in [-0.39, 0.29) is 6.04 Å². The molecule has 0 aliphatic carbocycles. The zero-order chi connectivity index (χ0) is 12.4. The molecule has 4 unspecified atom stereocenters. The highest BCUT2D eigenvalue weighted by atomic mass is 32.2. The van der Waals surface area contributed by atoms with Crippen molar-refractivity contribution >= 4 is 23.1 Å². The Kier molecular flexibility index (Phi) is 4.53. The first-order chi connectivity index (χ1) is 8.11. The molecule has 2 N–H and O–H groups in total. The maximum absolute atomic E-state index is 6.22. The molecule has 0 radical (unpaired) electrons. The van der Waals surface area contributed by atoms with Crippen LogP contribution in [0.3, 0.4) is 0 Å². The zero-order valence-electron chi connectivity index (χ0n) is 10.8. The molecule has 1 aromatic rings. The number of hydrogen-bond donors (Lipinski definition) is 1. The van der Waals surface area contributed by atoms with Crippen LogP contribution in [0.2, 0.25) is 0 Å². The summed E-state index contributed by atoms with van der Waals surface area (Å²) >= 11 is 3.90. The van der Waals surface area contributed by atoms with Crippen LogP contribution in [0.5, 0.6) is 0 Å². The van der Waals surface area contributed by atoms with Crippen LogP contribution < -0.4 is 5.73 Å². The van der Waals surface area contributed by atoms with Crippen molar-refractivity contribution in [3.05, 3.63) is 22.4 Å². The van der Waals surface area contributed by atoms with E-state index in [2.05, 4.69) is 54.9 Å². The fourth-order valence-electron chi connectivity index (χ4n) is 2.53. The van der Waals surface area contributed by atoms with E-state index in [1.165, 1.54) is 10.6 Å². The minimum absolute atomic E-state index is 0.186. The molecule has 1 aliphatic heterocycles. The predicted octanol–water partition coefficient (Wildman–Crippen LogP) is 2.96. The standard InChI is InChI=1S/C13H22N2S2/c1-9(14)13(12-5-4-7-17-12)15-6-8-16-11(3)10(15)2/h4-5,7,9-11,13H,6,8,14H2,1-3H3. The molecule has 4 heteroatoms. The van der Waals surface area contributed by atoms with Crippen molar-refractivity contribution < 1.29 is 0 Å². The minimum Gasteiger partial charge on any atom is -0.326 e. The fourth-order valence-corrected chi connectivity index (χ4v) is 4.62. The molecule has 0 amide bonds. The van der Waals surface area contributed by atoms with Crippen molar-refractivity contribution in [2.45, 2.75) is 44.1 Å². The SMILES string of the molecule is CC(N)C(c1cccs1)N1CCSC(C)C1C. The van der Waals surface area contributed by atoms with Crippen LogP contribution in [0.4, 0.5) is 0 Å². The van der Waals surface area contributed by atoms with Crippen LogP contribution in [0.1, 0.15) is 31.7 Å². The Bertz CT molecular complexity index is 337. The topological polar surface area (TPSA) is 29.3 Å². The first-order valence-electron chi connectivity index (χ1n) is 6.27. The Balaban J connectivity index is 2.21. The van der Waals surface area contributed by atoms with Gasteiger partial charge in [-0.05, 0) is 25.3 Å². The smallest absolute Gasteiger partial charge is 0.0593 e. The third kappa shape index (κ3) is 2.87. The Morgan fingerprint density at radius 1 is 1.47 bits per heavy atom. The second-order valence-corrected chi connectivity index (χ2v) is 7.34. The summed E-state index contributed by atoms with van der Waals surface area (Å²) in [6.45, 7) is 7.94. The van der Waals surface area contributed by atoms with E-state index >= 15 is 0 Å². The van der Waals surface area contributed by atoms with Gasteiger partial charge in [-0.25, -0.2) is 0 Å². The molecule has 4 atom stereocenters. The molecule has 1 aliphatic rings. The summed E-state index contributed by atoms with van der Waals surface area (Å²) in [6, 6.07) is 5.52. The van der Waals surface area contributed by atoms with Crippen LogP contribution in [-0.4, -0.2) is 34.5 Å². The van der Waals surface area contributed by atoms with Gasteiger partial charge in [0, 0.05) is 34.5 Å². The summed E-state index contributed by atoms with van der Waals surface area (Å²) < 4.78 is 0. The summed E-state index contributed by atoms with van der Waals surface area (Å²) in [4.78, 5) is 4.00. The third-order valence-electron chi connectivity index (χ3n) is 3.62. The van der Waals surface area contributed by atoms with E-state index in [9.17, 15) is 0 Å². The maximum atomic E-state index is 6.22. The quantitative estimate of drug-likeness (QED) is 0.915. The first-order valence-corrected chi connectivity index (χ1v) is 8.20. The molecule has 0 bridgehead atoms. The van der Waals surface area contributed by atoms with Gasteiger partial charge in [0.25, 0.3) is 0 Å². The summed E-state index contributed by atoms with van der Waals surface area (Å²) in [5, 5.41) is 2.85. The zero-order valence-corrected chi connectivity index (χ0v) is 12.4. The number of thioether (sulfide) groups is 1. The Morgan fingerprint density at radius 2 is 2.24 bits per heavy atom. The molecule has 96 valence electrons. The number of rotatable bonds is 3. The lowest BCUT2D eigenvalue weighted by Gasteiger charge is -2.43. The van der Waals surface area contributed by atoms with Gasteiger partial charge in [0.1, 0.15) is 0 Å². The van der Waals surface area contributed by atoms with Crippen molar-refractivity contribution in [3.63, 3.8) is 0 Å². The van der Waals surface area contributed by atoms with Crippen molar-refractivity contribution in [1.82, 2.24) is 4.90 Å². The lowest BCUT2D eigenvalue weighted by Crippen LogP contribution is -2.50. The van der Waals surface area contributed by atoms with Crippen molar-refractivity contribution in [2.75, 3.05) is 12.3 Å². The monoisotopic (exact) mass is 270 g/mol. The van der Waals surface area contributed by atoms with Crippen LogP contribution in [0.15, 0.2) is 17.5 Å². The van der Waals surface area contributed by atoms with E-state index in [0.29, 0.717) is 17.3 Å². The van der Waals surface area contributed by atoms with Gasteiger partial charge in [-0.1, -0.05) is 13.0 Å². The average molecular weight is 270 g/mol. The second kappa shape index (κ2) is 5.74. The highest BCUT2D eigenvalue weighted by molar-refractivity contribution is 8.00. The van der Waals surface area contributed by atoms with Gasteiger partial charge in [-0.15, -0.1) is 11.3 Å². The molecule has 0 saturated carbocycles. The predicted molar refractivity (Wildman–Crippen MR) is 78.8 cm³/mol. The number of nitrogens with two attached hydrogens (primary N) is 1. The normalized spacial score (nSPS) is 30.1. The lowest BCUT2D eigenvalue weighted by molar-refractivity contribution is 0.132. The van der Waals surface area contributed by atoms with Crippen LogP contribution in [0, 0.1) is 0 Å². The highest BCUT2D eigenvalue weighted by Gasteiger charge is 2.33. The summed E-state index contributed by atoms with van der Waals surface area (Å²) in [6.07, 6.45) is 0. The molecular formula is C13H22N2S2. The van der Waals surface area contributed by atoms with Gasteiger partial charge < -0.3 is 5.73 Å². The molecule has 1 fully saturated rings. The van der Waals surface area contributed by atoms with Crippen LogP contribution >= 0.6 is 23.1 Å². The van der Waals surface area contributed by atoms with Crippen molar-refractivity contribution in [3.8, 4) is 0 Å². The van der Waals surface area contributed by atoms with Gasteiger partial charge in [-0.2, -0.15) is 11.8 Å². The van der Waals surface area contributed by atoms with Gasteiger partial charge >= 0.3 is 0 Å². The third-order valence-corrected chi connectivity index (χ3v) is 5.90. The van der Waals surface area contributed by atoms with E-state index in [4.69, 9.17) is 5.73 Å². The fraction of sp³-hybridized carbons (Fsp3) is 0.692. The highest BCUT2D eigenvalue weighted by Crippen LogP contribution is 2.34. The van der Waals surface area contributed by atoms with Crippen LogP contribution in [-0.2, 0) is 0 Å². The van der Waals surface area contributed by atoms with Crippen molar-refractivity contribution in [1.29, 1.82) is 0 Å². The van der Waals surface area contributed by atoms with Gasteiger partial charge in [0.2, 0.25) is 0 Å². The number of hydrogen-bond acceptors (Lipinski definition) is 4. The van der Waals surface area contributed by atoms with E-state index in [0.717, 1.165) is 6.54 Å². The van der Waals surface area contributed by atoms with E-state index in [1.54, 1.807) is 0 Å². The summed E-state index contributed by atoms with van der Waals surface area (Å²) in [5.41, 5.74) is 6.22. The molecule has 0 aromatic carbocycles.